The Kier molecular flexibility index (Phi) is 36.7. The van der Waals surface area contributed by atoms with Gasteiger partial charge in [-0.1, -0.05) is 64.7 Å². The molecule has 7 amide bonds. The normalized spacial score (nSPS) is 13.3. The molecule has 0 unspecified atom stereocenters. The van der Waals surface area contributed by atoms with Crippen molar-refractivity contribution in [1.29, 1.82) is 0 Å². The number of ether oxygens (including phenoxy) is 1. The smallest absolute Gasteiger partial charge is 0.331 e. The zero-order chi connectivity index (χ0) is 54.3. The average Bonchev–Trinajstić information content (AvgIpc) is 3.33. The first-order chi connectivity index (χ1) is 34.3. The summed E-state index contributed by atoms with van der Waals surface area (Å²) in [5.74, 6) is -9.42. The lowest BCUT2D eigenvalue weighted by Gasteiger charge is -2.25. The van der Waals surface area contributed by atoms with Gasteiger partial charge in [0, 0.05) is 13.1 Å². The number of rotatable bonds is 42. The van der Waals surface area contributed by atoms with E-state index in [1.807, 2.05) is 0 Å². The number of carboxylic acids is 1. The lowest BCUT2D eigenvalue weighted by Crippen LogP contribution is -2.58. The van der Waals surface area contributed by atoms with Crippen LogP contribution in [0.15, 0.2) is 9.98 Å². The summed E-state index contributed by atoms with van der Waals surface area (Å²) >= 11 is 0. The zero-order valence-corrected chi connectivity index (χ0v) is 41.6. The SMILES string of the molecule is CCCCCCCCCCCCOC(=O)[C@H](CO)NC(=O)[C@H](CC(=O)O)NC(=O)CNC(=O)[C@H](CCCN=C(N)N)NC(=O)[C@H](CCCCN)NC(=O)[C@H](CO)NC(=O)CNC(=O)[C@@H](N)CCCN=C(N)N. The Hall–Kier alpha value is -6.39. The van der Waals surface area contributed by atoms with Crippen LogP contribution in [0.3, 0.4) is 0 Å². The fraction of sp³-hybridized carbons (Fsp3) is 0.750. The third-order valence-electron chi connectivity index (χ3n) is 10.7. The molecule has 0 spiro atoms. The molecule has 0 aliphatic heterocycles. The van der Waals surface area contributed by atoms with Gasteiger partial charge in [-0.3, -0.25) is 48.3 Å². The van der Waals surface area contributed by atoms with E-state index in [1.54, 1.807) is 0 Å². The largest absolute Gasteiger partial charge is 0.481 e. The number of aliphatic imine (C=N–C) groups is 2. The number of nitrogens with zero attached hydrogens (tertiary/aromatic N) is 2. The third-order valence-corrected chi connectivity index (χ3v) is 10.7. The van der Waals surface area contributed by atoms with Gasteiger partial charge in [-0.25, -0.2) is 4.79 Å². The second-order valence-electron chi connectivity index (χ2n) is 17.0. The molecule has 22 N–H and O–H groups in total. The van der Waals surface area contributed by atoms with E-state index in [0.717, 1.165) is 25.7 Å². The number of aliphatic hydroxyl groups is 2. The number of nitrogens with one attached hydrogen (secondary N) is 7. The van der Waals surface area contributed by atoms with Crippen LogP contribution in [0, 0.1) is 0 Å². The van der Waals surface area contributed by atoms with Gasteiger partial charge < -0.3 is 91.7 Å². The van der Waals surface area contributed by atoms with E-state index in [9.17, 15) is 58.5 Å². The summed E-state index contributed by atoms with van der Waals surface area (Å²) in [6.07, 6.45) is 10.8. The molecule has 72 heavy (non-hydrogen) atoms. The van der Waals surface area contributed by atoms with E-state index in [0.29, 0.717) is 25.7 Å². The number of nitrogens with two attached hydrogens (primary N) is 6. The van der Waals surface area contributed by atoms with E-state index < -0.39 is 122 Å². The number of guanidine groups is 2. The highest BCUT2D eigenvalue weighted by Crippen LogP contribution is 2.11. The molecule has 28 nitrogen and oxygen atoms in total. The van der Waals surface area contributed by atoms with Gasteiger partial charge >= 0.3 is 11.9 Å². The van der Waals surface area contributed by atoms with E-state index in [-0.39, 0.29) is 63.8 Å². The summed E-state index contributed by atoms with van der Waals surface area (Å²) in [6.45, 7) is -0.605. The molecule has 6 atom stereocenters. The van der Waals surface area contributed by atoms with Crippen molar-refractivity contribution in [2.75, 3.05) is 52.5 Å². The van der Waals surface area contributed by atoms with Crippen molar-refractivity contribution in [3.63, 3.8) is 0 Å². The van der Waals surface area contributed by atoms with Gasteiger partial charge in [0.1, 0.15) is 24.2 Å². The highest BCUT2D eigenvalue weighted by molar-refractivity contribution is 5.97. The molecule has 0 saturated heterocycles. The van der Waals surface area contributed by atoms with E-state index in [4.69, 9.17) is 39.1 Å². The highest BCUT2D eigenvalue weighted by atomic mass is 16.5. The first-order valence-electron chi connectivity index (χ1n) is 24.5. The zero-order valence-electron chi connectivity index (χ0n) is 41.6. The Bertz CT molecular complexity index is 1730. The molecule has 0 aromatic heterocycles. The number of esters is 1. The summed E-state index contributed by atoms with van der Waals surface area (Å²) in [5.41, 5.74) is 32.8. The molecule has 0 saturated carbocycles. The number of carbonyl (C=O) groups excluding carboxylic acids is 8. The van der Waals surface area contributed by atoms with Crippen LogP contribution in [0.5, 0.6) is 0 Å². The molecule has 412 valence electrons. The Labute approximate surface area is 420 Å². The number of unbranched alkanes of at least 4 members (excludes halogenated alkanes) is 10. The fourth-order valence-corrected chi connectivity index (χ4v) is 6.70. The van der Waals surface area contributed by atoms with Gasteiger partial charge in [0.15, 0.2) is 18.0 Å². The van der Waals surface area contributed by atoms with Crippen LogP contribution in [-0.4, -0.2) is 169 Å². The number of aliphatic carboxylic acids is 1. The molecule has 0 aromatic carbocycles. The maximum absolute atomic E-state index is 13.7. The van der Waals surface area contributed by atoms with Gasteiger partial charge in [0.2, 0.25) is 41.4 Å². The van der Waals surface area contributed by atoms with E-state index in [1.165, 1.54) is 32.1 Å². The Morgan fingerprint density at radius 2 is 0.958 bits per heavy atom. The molecular weight excluding hydrogens is 947 g/mol. The van der Waals surface area contributed by atoms with Gasteiger partial charge in [-0.2, -0.15) is 0 Å². The van der Waals surface area contributed by atoms with Gasteiger partial charge in [0.25, 0.3) is 0 Å². The van der Waals surface area contributed by atoms with Gasteiger partial charge in [-0.05, 0) is 57.9 Å². The third kappa shape index (κ3) is 32.5. The molecule has 0 radical (unpaired) electrons. The predicted molar refractivity (Wildman–Crippen MR) is 266 cm³/mol. The quantitative estimate of drug-likeness (QED) is 0.0118. The maximum atomic E-state index is 13.7. The molecular formula is C44H83N15O13. The standard InChI is InChI=1S/C44H83N15O13/c1-2-3-4-5-6-7-8-9-10-13-22-72-42(71)33(27-61)59-40(69)31(23-36(64)65)55-34(62)25-54-38(67)29(18-15-21-52-44(49)50)57-39(68)30(17-11-12-19-45)58-41(70)32(26-60)56-35(63)24-53-37(66)28(46)16-14-20-51-43(47)48/h28-33,60-61H,2-27,45-46H2,1H3,(H,53,66)(H,54,67)(H,55,62)(H,56,63)(H,57,68)(H,58,70)(H,59,69)(H,64,65)(H4,47,48,51)(H4,49,50,52)/t28-,29-,30-,31-,32-,33-/m0/s1. The summed E-state index contributed by atoms with van der Waals surface area (Å²) in [7, 11) is 0. The predicted octanol–water partition coefficient (Wildman–Crippen LogP) is -4.87. The Morgan fingerprint density at radius 3 is 1.47 bits per heavy atom. The minimum absolute atomic E-state index is 0.0104. The molecule has 0 heterocycles. The van der Waals surface area contributed by atoms with Crippen LogP contribution in [0.4, 0.5) is 0 Å². The molecule has 0 aliphatic rings. The van der Waals surface area contributed by atoms with Crippen LogP contribution in [-0.2, 0) is 47.9 Å². The highest BCUT2D eigenvalue weighted by Gasteiger charge is 2.32. The second kappa shape index (κ2) is 40.2. The monoisotopic (exact) mass is 1030 g/mol. The molecule has 0 aromatic rings. The number of carbonyl (C=O) groups is 9. The number of hydrogen-bond acceptors (Lipinski definition) is 16. The molecule has 0 fully saturated rings. The first-order valence-corrected chi connectivity index (χ1v) is 24.5. The van der Waals surface area contributed by atoms with E-state index >= 15 is 0 Å². The van der Waals surface area contributed by atoms with E-state index in [2.05, 4.69) is 54.1 Å². The number of amides is 7. The lowest BCUT2D eigenvalue weighted by molar-refractivity contribution is -0.149. The van der Waals surface area contributed by atoms with Gasteiger partial charge in [-0.15, -0.1) is 0 Å². The number of hydrogen-bond donors (Lipinski definition) is 16. The number of carboxylic acid groups (broad SMARTS) is 1. The lowest BCUT2D eigenvalue weighted by atomic mass is 10.1. The topological polar surface area (TPSA) is 489 Å². The summed E-state index contributed by atoms with van der Waals surface area (Å²) in [6, 6.07) is -8.71. The second-order valence-corrected chi connectivity index (χ2v) is 17.0. The van der Waals surface area contributed by atoms with Crippen molar-refractivity contribution >= 4 is 65.2 Å². The summed E-state index contributed by atoms with van der Waals surface area (Å²) in [4.78, 5) is 124. The van der Waals surface area contributed by atoms with Gasteiger partial charge in [0.05, 0.1) is 45.4 Å². The van der Waals surface area contributed by atoms with Crippen molar-refractivity contribution in [2.24, 2.45) is 44.4 Å². The van der Waals surface area contributed by atoms with Crippen LogP contribution in [0.2, 0.25) is 0 Å². The van der Waals surface area contributed by atoms with Crippen molar-refractivity contribution < 1.29 is 63.2 Å². The van der Waals surface area contributed by atoms with Crippen molar-refractivity contribution in [1.82, 2.24) is 37.2 Å². The summed E-state index contributed by atoms with van der Waals surface area (Å²) in [5, 5.41) is 45.5. The van der Waals surface area contributed by atoms with Crippen LogP contribution in [0.25, 0.3) is 0 Å². The molecule has 28 heteroatoms. The summed E-state index contributed by atoms with van der Waals surface area (Å²) < 4.78 is 5.21. The van der Waals surface area contributed by atoms with Crippen molar-refractivity contribution in [3.8, 4) is 0 Å². The van der Waals surface area contributed by atoms with Crippen molar-refractivity contribution in [3.05, 3.63) is 0 Å². The Balaban J connectivity index is 5.70. The first kappa shape index (κ1) is 65.6. The molecule has 0 bridgehead atoms. The average molecular weight is 1030 g/mol. The minimum atomic E-state index is -1.77. The van der Waals surface area contributed by atoms with Crippen LogP contribution in [0.1, 0.15) is 122 Å². The van der Waals surface area contributed by atoms with Crippen LogP contribution >= 0.6 is 0 Å². The minimum Gasteiger partial charge on any atom is -0.481 e. The maximum Gasteiger partial charge on any atom is 0.331 e. The fourth-order valence-electron chi connectivity index (χ4n) is 6.70. The molecule has 0 rings (SSSR count). The number of aliphatic hydroxyl groups excluding tert-OH is 2. The Morgan fingerprint density at radius 1 is 0.514 bits per heavy atom. The van der Waals surface area contributed by atoms with Crippen molar-refractivity contribution in [2.45, 2.75) is 159 Å². The molecule has 0 aliphatic carbocycles. The van der Waals surface area contributed by atoms with Crippen LogP contribution < -0.4 is 71.6 Å².